The van der Waals surface area contributed by atoms with Gasteiger partial charge in [0.25, 0.3) is 0 Å². The lowest BCUT2D eigenvalue weighted by molar-refractivity contribution is -0.119. The van der Waals surface area contributed by atoms with E-state index in [1.807, 2.05) is 24.3 Å². The predicted molar refractivity (Wildman–Crippen MR) is 117 cm³/mol. The van der Waals surface area contributed by atoms with Gasteiger partial charge >= 0.3 is 0 Å². The Morgan fingerprint density at radius 2 is 1.48 bits per heavy atom. The van der Waals surface area contributed by atoms with Crippen molar-refractivity contribution in [1.82, 2.24) is 0 Å². The van der Waals surface area contributed by atoms with Crippen LogP contribution in [0.5, 0.6) is 17.2 Å². The number of aromatic hydroxyl groups is 2. The van der Waals surface area contributed by atoms with Gasteiger partial charge in [-0.2, -0.15) is 0 Å². The topological polar surface area (TPSA) is 83.8 Å². The summed E-state index contributed by atoms with van der Waals surface area (Å²) in [6.45, 7) is 2.76. The molecule has 0 bridgehead atoms. The summed E-state index contributed by atoms with van der Waals surface area (Å²) in [6.07, 6.45) is 2.20. The van der Waals surface area contributed by atoms with Crippen LogP contribution in [-0.2, 0) is 11.2 Å². The van der Waals surface area contributed by atoms with Crippen molar-refractivity contribution in [2.75, 3.05) is 6.61 Å². The van der Waals surface area contributed by atoms with Crippen LogP contribution in [0.25, 0.3) is 0 Å². The third-order valence-corrected chi connectivity index (χ3v) is 5.62. The summed E-state index contributed by atoms with van der Waals surface area (Å²) in [5.74, 6) is -0.962. The SMILES string of the molecule is CCCCOc1ccc(CC(=O)C2c3cccc(O)c3C(=O)c3c(O)cccc32)cc1. The number of hydrogen-bond acceptors (Lipinski definition) is 5. The zero-order chi connectivity index (χ0) is 22.0. The van der Waals surface area contributed by atoms with Gasteiger partial charge in [-0.15, -0.1) is 0 Å². The van der Waals surface area contributed by atoms with E-state index in [-0.39, 0.29) is 34.8 Å². The smallest absolute Gasteiger partial charge is 0.201 e. The minimum absolute atomic E-state index is 0.0783. The molecule has 3 aromatic carbocycles. The number of carbonyl (C=O) groups excluding carboxylic acids is 2. The maximum atomic E-state index is 13.4. The van der Waals surface area contributed by atoms with Gasteiger partial charge in [-0.25, -0.2) is 0 Å². The largest absolute Gasteiger partial charge is 0.507 e. The third-order valence-electron chi connectivity index (χ3n) is 5.62. The summed E-state index contributed by atoms with van der Waals surface area (Å²) >= 11 is 0. The van der Waals surface area contributed by atoms with Crippen LogP contribution >= 0.6 is 0 Å². The Morgan fingerprint density at radius 3 is 2.03 bits per heavy atom. The Morgan fingerprint density at radius 1 is 0.903 bits per heavy atom. The molecular weight excluding hydrogens is 392 g/mol. The zero-order valence-corrected chi connectivity index (χ0v) is 17.3. The second kappa shape index (κ2) is 8.64. The molecule has 0 heterocycles. The van der Waals surface area contributed by atoms with E-state index in [0.717, 1.165) is 24.2 Å². The number of hydrogen-bond donors (Lipinski definition) is 2. The Bertz CT molecular complexity index is 1080. The molecule has 0 aromatic heterocycles. The fourth-order valence-electron chi connectivity index (χ4n) is 4.07. The molecule has 0 aliphatic heterocycles. The molecule has 0 atom stereocenters. The average Bonchev–Trinajstić information content (AvgIpc) is 2.75. The molecular formula is C26H24O5. The highest BCUT2D eigenvalue weighted by molar-refractivity contribution is 6.18. The van der Waals surface area contributed by atoms with Crippen molar-refractivity contribution < 1.29 is 24.5 Å². The van der Waals surface area contributed by atoms with E-state index in [4.69, 9.17) is 4.74 Å². The number of rotatable bonds is 7. The molecule has 1 aliphatic rings. The molecule has 31 heavy (non-hydrogen) atoms. The van der Waals surface area contributed by atoms with Crippen LogP contribution in [0.2, 0.25) is 0 Å². The molecule has 1 aliphatic carbocycles. The first-order valence-corrected chi connectivity index (χ1v) is 10.4. The lowest BCUT2D eigenvalue weighted by Crippen LogP contribution is -2.26. The first-order valence-electron chi connectivity index (χ1n) is 10.4. The van der Waals surface area contributed by atoms with E-state index in [9.17, 15) is 19.8 Å². The summed E-state index contributed by atoms with van der Waals surface area (Å²) in [5.41, 5.74) is 1.91. The first kappa shape index (κ1) is 20.7. The van der Waals surface area contributed by atoms with Crippen molar-refractivity contribution in [2.24, 2.45) is 0 Å². The fourth-order valence-corrected chi connectivity index (χ4v) is 4.07. The number of fused-ring (bicyclic) bond motifs is 2. The number of phenols is 2. The maximum Gasteiger partial charge on any atom is 0.201 e. The van der Waals surface area contributed by atoms with Gasteiger partial charge in [0.15, 0.2) is 0 Å². The van der Waals surface area contributed by atoms with Gasteiger partial charge in [-0.05, 0) is 47.4 Å². The molecule has 3 aromatic rings. The zero-order valence-electron chi connectivity index (χ0n) is 17.3. The van der Waals surface area contributed by atoms with Gasteiger partial charge in [-0.3, -0.25) is 9.59 Å². The van der Waals surface area contributed by atoms with Gasteiger partial charge in [0.05, 0.1) is 23.7 Å². The van der Waals surface area contributed by atoms with Crippen LogP contribution in [0.4, 0.5) is 0 Å². The van der Waals surface area contributed by atoms with Gasteiger partial charge in [0.2, 0.25) is 5.78 Å². The number of unbranched alkanes of at least 4 members (excludes halogenated alkanes) is 1. The fraction of sp³-hybridized carbons (Fsp3) is 0.231. The van der Waals surface area contributed by atoms with E-state index in [1.165, 1.54) is 12.1 Å². The molecule has 0 saturated heterocycles. The Kier molecular flexibility index (Phi) is 5.76. The van der Waals surface area contributed by atoms with Crippen molar-refractivity contribution in [3.05, 3.63) is 88.5 Å². The van der Waals surface area contributed by atoms with Crippen LogP contribution in [-0.4, -0.2) is 28.4 Å². The predicted octanol–water partition coefficient (Wildman–Crippen LogP) is 4.76. The normalized spacial score (nSPS) is 12.9. The molecule has 0 radical (unpaired) electrons. The maximum absolute atomic E-state index is 13.4. The van der Waals surface area contributed by atoms with Crippen LogP contribution in [0.1, 0.15) is 58.3 Å². The second-order valence-electron chi connectivity index (χ2n) is 7.73. The van der Waals surface area contributed by atoms with Crippen molar-refractivity contribution in [1.29, 1.82) is 0 Å². The molecule has 0 unspecified atom stereocenters. The van der Waals surface area contributed by atoms with Gasteiger partial charge in [0.1, 0.15) is 23.0 Å². The van der Waals surface area contributed by atoms with Gasteiger partial charge < -0.3 is 14.9 Å². The summed E-state index contributed by atoms with van der Waals surface area (Å²) < 4.78 is 5.68. The molecule has 0 saturated carbocycles. The third kappa shape index (κ3) is 3.91. The number of carbonyl (C=O) groups is 2. The first-order chi connectivity index (χ1) is 15.0. The molecule has 158 valence electrons. The highest BCUT2D eigenvalue weighted by Crippen LogP contribution is 2.43. The molecule has 0 spiro atoms. The van der Waals surface area contributed by atoms with Gasteiger partial charge in [-0.1, -0.05) is 49.7 Å². The highest BCUT2D eigenvalue weighted by atomic mass is 16.5. The summed E-state index contributed by atoms with van der Waals surface area (Å²) in [6, 6.07) is 16.9. The lowest BCUT2D eigenvalue weighted by Gasteiger charge is -2.27. The summed E-state index contributed by atoms with van der Waals surface area (Å²) in [4.78, 5) is 26.4. The minimum atomic E-state index is -0.748. The second-order valence-corrected chi connectivity index (χ2v) is 7.73. The molecule has 5 nitrogen and oxygen atoms in total. The van der Waals surface area contributed by atoms with Crippen molar-refractivity contribution in [3.63, 3.8) is 0 Å². The number of phenolic OH excluding ortho intramolecular Hbond substituents is 2. The Hall–Kier alpha value is -3.60. The molecule has 0 amide bonds. The van der Waals surface area contributed by atoms with Crippen molar-refractivity contribution in [3.8, 4) is 17.2 Å². The van der Waals surface area contributed by atoms with Crippen molar-refractivity contribution in [2.45, 2.75) is 32.1 Å². The lowest BCUT2D eigenvalue weighted by atomic mass is 9.74. The van der Waals surface area contributed by atoms with E-state index < -0.39 is 11.7 Å². The number of benzene rings is 3. The monoisotopic (exact) mass is 416 g/mol. The quantitative estimate of drug-likeness (QED) is 0.542. The summed E-state index contributed by atoms with van der Waals surface area (Å²) in [7, 11) is 0. The number of ether oxygens (including phenoxy) is 1. The van der Waals surface area contributed by atoms with Crippen LogP contribution in [0.15, 0.2) is 60.7 Å². The Labute approximate surface area is 180 Å². The highest BCUT2D eigenvalue weighted by Gasteiger charge is 2.38. The molecule has 5 heteroatoms. The minimum Gasteiger partial charge on any atom is -0.507 e. The summed E-state index contributed by atoms with van der Waals surface area (Å²) in [5, 5.41) is 20.6. The van der Waals surface area contributed by atoms with Crippen LogP contribution in [0.3, 0.4) is 0 Å². The standard InChI is InChI=1S/C26H24O5/c1-2-3-14-31-17-12-10-16(11-13-17)15-22(29)23-18-6-4-8-20(27)24(18)26(30)25-19(23)7-5-9-21(25)28/h4-13,23,27-28H,2-3,14-15H2,1H3. The Balaban J connectivity index is 1.66. The molecule has 2 N–H and O–H groups in total. The van der Waals surface area contributed by atoms with E-state index >= 15 is 0 Å². The van der Waals surface area contributed by atoms with E-state index in [2.05, 4.69) is 6.92 Å². The van der Waals surface area contributed by atoms with Crippen LogP contribution < -0.4 is 4.74 Å². The van der Waals surface area contributed by atoms with E-state index in [1.54, 1.807) is 24.3 Å². The average molecular weight is 416 g/mol. The molecule has 0 fully saturated rings. The van der Waals surface area contributed by atoms with Crippen LogP contribution in [0, 0.1) is 0 Å². The molecule has 4 rings (SSSR count). The van der Waals surface area contributed by atoms with E-state index in [0.29, 0.717) is 17.7 Å². The number of ketones is 2. The van der Waals surface area contributed by atoms with Crippen molar-refractivity contribution >= 4 is 11.6 Å². The number of Topliss-reactive ketones (excluding diaryl/α,β-unsaturated/α-hetero) is 1. The van der Waals surface area contributed by atoms with Gasteiger partial charge in [0, 0.05) is 6.42 Å².